The molecule has 1 rings (SSSR count). The van der Waals surface area contributed by atoms with E-state index in [2.05, 4.69) is 0 Å². The molecule has 0 aliphatic heterocycles. The average Bonchev–Trinajstić information content (AvgIpc) is 2.02. The molecule has 0 radical (unpaired) electrons. The topological polar surface area (TPSA) is 112 Å². The van der Waals surface area contributed by atoms with Crippen LogP contribution in [0.15, 0.2) is 23.1 Å². The third-order valence-corrected chi connectivity index (χ3v) is 2.35. The zero-order valence-corrected chi connectivity index (χ0v) is 10.5. The monoisotopic (exact) mass is 308 g/mol. The second kappa shape index (κ2) is 4.87. The van der Waals surface area contributed by atoms with Gasteiger partial charge in [-0.2, -0.15) is 8.42 Å². The van der Waals surface area contributed by atoms with Gasteiger partial charge in [-0.15, -0.1) is 0 Å². The quantitative estimate of drug-likeness (QED) is 0.679. The van der Waals surface area contributed by atoms with Gasteiger partial charge in [0.15, 0.2) is 0 Å². The fraction of sp³-hybridized carbons (Fsp3) is 0. The number of carboxylic acid groups (broad SMARTS) is 1. The molecule has 0 aliphatic carbocycles. The number of aromatic hydroxyl groups is 1. The molecule has 0 amide bonds. The van der Waals surface area contributed by atoms with E-state index < -0.39 is 32.3 Å². The molecule has 0 heterocycles. The summed E-state index contributed by atoms with van der Waals surface area (Å²) in [5.41, 5.74) is -0.583. The molecule has 1 aromatic carbocycles. The number of benzene rings is 1. The maximum atomic E-state index is 10.6. The fourth-order valence-electron chi connectivity index (χ4n) is 0.847. The zero-order chi connectivity index (χ0) is 10.9. The Hall–Kier alpha value is -0.717. The van der Waals surface area contributed by atoms with E-state index in [0.717, 1.165) is 12.1 Å². The summed E-state index contributed by atoms with van der Waals surface area (Å²) in [7, 11) is -4.45. The smallest absolute Gasteiger partial charge is 0.339 e. The summed E-state index contributed by atoms with van der Waals surface area (Å²) in [6.07, 6.45) is 0. The molecule has 0 unspecified atom stereocenters. The number of carboxylic acids is 1. The molecule has 80 valence electrons. The summed E-state index contributed by atoms with van der Waals surface area (Å²) in [5, 5.41) is 17.5. The van der Waals surface area contributed by atoms with Gasteiger partial charge >= 0.3 is 5.97 Å². The van der Waals surface area contributed by atoms with Gasteiger partial charge in [-0.05, 0) is 18.2 Å². The SMILES string of the molecule is O=C(O)c1cc(S(=O)(=O)O)ccc1O.[Zr]. The Balaban J connectivity index is 0.00000196. The normalized spacial score (nSPS) is 10.5. The molecule has 0 fully saturated rings. The Morgan fingerprint density at radius 2 is 1.80 bits per heavy atom. The van der Waals surface area contributed by atoms with Gasteiger partial charge in [0.25, 0.3) is 10.1 Å². The van der Waals surface area contributed by atoms with Crippen molar-refractivity contribution in [2.24, 2.45) is 0 Å². The second-order valence-electron chi connectivity index (χ2n) is 2.46. The number of carbonyl (C=O) groups is 1. The van der Waals surface area contributed by atoms with Gasteiger partial charge in [0.05, 0.1) is 4.90 Å². The molecular formula is C7H6O6SZr. The van der Waals surface area contributed by atoms with Gasteiger partial charge in [-0.25, -0.2) is 4.79 Å². The third kappa shape index (κ3) is 3.41. The first-order valence-corrected chi connectivity index (χ1v) is 4.80. The van der Waals surface area contributed by atoms with E-state index in [1.165, 1.54) is 0 Å². The molecule has 1 aromatic rings. The third-order valence-electron chi connectivity index (χ3n) is 1.50. The van der Waals surface area contributed by atoms with Crippen molar-refractivity contribution in [2.45, 2.75) is 4.90 Å². The summed E-state index contributed by atoms with van der Waals surface area (Å²) < 4.78 is 29.8. The van der Waals surface area contributed by atoms with Crippen LogP contribution in [0.3, 0.4) is 0 Å². The van der Waals surface area contributed by atoms with Gasteiger partial charge in [0.1, 0.15) is 11.3 Å². The number of aromatic carboxylic acids is 1. The molecular weight excluding hydrogens is 303 g/mol. The molecule has 8 heteroatoms. The van der Waals surface area contributed by atoms with E-state index in [1.807, 2.05) is 0 Å². The Labute approximate surface area is 104 Å². The molecule has 0 spiro atoms. The van der Waals surface area contributed by atoms with Crippen LogP contribution in [0.1, 0.15) is 10.4 Å². The Morgan fingerprint density at radius 1 is 1.27 bits per heavy atom. The van der Waals surface area contributed by atoms with Gasteiger partial charge in [-0.3, -0.25) is 4.55 Å². The molecule has 0 bridgehead atoms. The molecule has 0 saturated heterocycles. The first-order valence-electron chi connectivity index (χ1n) is 3.36. The summed E-state index contributed by atoms with van der Waals surface area (Å²) >= 11 is 0. The van der Waals surface area contributed by atoms with Crippen molar-refractivity contribution in [1.82, 2.24) is 0 Å². The van der Waals surface area contributed by atoms with Crippen molar-refractivity contribution in [3.05, 3.63) is 23.8 Å². The van der Waals surface area contributed by atoms with Crippen LogP contribution in [0.5, 0.6) is 5.75 Å². The van der Waals surface area contributed by atoms with Crippen molar-refractivity contribution >= 4 is 16.1 Å². The summed E-state index contributed by atoms with van der Waals surface area (Å²) in [6.45, 7) is 0. The van der Waals surface area contributed by atoms with Crippen LogP contribution in [0.4, 0.5) is 0 Å². The number of rotatable bonds is 2. The summed E-state index contributed by atoms with van der Waals surface area (Å²) in [6, 6.07) is 2.46. The molecule has 0 aliphatic rings. The number of phenols is 1. The Bertz CT molecular complexity index is 480. The predicted octanol–water partition coefficient (Wildman–Crippen LogP) is 0.335. The van der Waals surface area contributed by atoms with Crippen molar-refractivity contribution in [1.29, 1.82) is 0 Å². The molecule has 0 saturated carbocycles. The first kappa shape index (κ1) is 14.3. The van der Waals surface area contributed by atoms with E-state index in [9.17, 15) is 13.2 Å². The van der Waals surface area contributed by atoms with Crippen LogP contribution < -0.4 is 0 Å². The minimum Gasteiger partial charge on any atom is -0.507 e. The van der Waals surface area contributed by atoms with Crippen molar-refractivity contribution in [3.8, 4) is 5.75 Å². The fourth-order valence-corrected chi connectivity index (χ4v) is 1.35. The van der Waals surface area contributed by atoms with Crippen LogP contribution >= 0.6 is 0 Å². The van der Waals surface area contributed by atoms with E-state index in [4.69, 9.17) is 14.8 Å². The predicted molar refractivity (Wildman–Crippen MR) is 44.9 cm³/mol. The largest absolute Gasteiger partial charge is 0.507 e. The van der Waals surface area contributed by atoms with E-state index in [0.29, 0.717) is 6.07 Å². The van der Waals surface area contributed by atoms with Crippen LogP contribution in [0, 0.1) is 0 Å². The van der Waals surface area contributed by atoms with Crippen LogP contribution in [0.25, 0.3) is 0 Å². The second-order valence-corrected chi connectivity index (χ2v) is 3.88. The molecule has 15 heavy (non-hydrogen) atoms. The van der Waals surface area contributed by atoms with E-state index >= 15 is 0 Å². The standard InChI is InChI=1S/C7H6O6S.Zr/c8-6-2-1-4(14(11,12)13)3-5(6)7(9)10;/h1-3,8H,(H,9,10)(H,11,12,13);. The molecule has 0 atom stereocenters. The zero-order valence-electron chi connectivity index (χ0n) is 7.21. The number of hydrogen-bond donors (Lipinski definition) is 3. The van der Waals surface area contributed by atoms with Crippen LogP contribution in [-0.2, 0) is 36.3 Å². The van der Waals surface area contributed by atoms with Crippen molar-refractivity contribution in [3.63, 3.8) is 0 Å². The summed E-state index contributed by atoms with van der Waals surface area (Å²) in [4.78, 5) is 9.89. The maximum absolute atomic E-state index is 10.6. The Morgan fingerprint density at radius 3 is 2.20 bits per heavy atom. The van der Waals surface area contributed by atoms with Crippen molar-refractivity contribution < 1.29 is 54.2 Å². The minimum atomic E-state index is -4.45. The van der Waals surface area contributed by atoms with E-state index in [1.54, 1.807) is 0 Å². The minimum absolute atomic E-state index is 0. The number of hydrogen-bond acceptors (Lipinski definition) is 4. The molecule has 6 nitrogen and oxygen atoms in total. The van der Waals surface area contributed by atoms with Gasteiger partial charge in [0.2, 0.25) is 0 Å². The van der Waals surface area contributed by atoms with Crippen LogP contribution in [0.2, 0.25) is 0 Å². The Kier molecular flexibility index (Phi) is 4.64. The van der Waals surface area contributed by atoms with Gasteiger partial charge in [0, 0.05) is 26.2 Å². The van der Waals surface area contributed by atoms with Crippen molar-refractivity contribution in [2.75, 3.05) is 0 Å². The van der Waals surface area contributed by atoms with Gasteiger partial charge < -0.3 is 10.2 Å². The summed E-state index contributed by atoms with van der Waals surface area (Å²) in [5.74, 6) is -2.04. The van der Waals surface area contributed by atoms with Crippen LogP contribution in [-0.4, -0.2) is 29.2 Å². The molecule has 3 N–H and O–H groups in total. The molecule has 0 aromatic heterocycles. The maximum Gasteiger partial charge on any atom is 0.339 e. The van der Waals surface area contributed by atoms with E-state index in [-0.39, 0.29) is 26.2 Å². The first-order chi connectivity index (χ1) is 6.32. The van der Waals surface area contributed by atoms with Gasteiger partial charge in [-0.1, -0.05) is 0 Å². The average molecular weight is 309 g/mol.